The molecule has 2 aromatic carbocycles. The van der Waals surface area contributed by atoms with Crippen molar-refractivity contribution in [1.82, 2.24) is 42.1 Å². The van der Waals surface area contributed by atoms with E-state index in [4.69, 9.17) is 27.4 Å². The van der Waals surface area contributed by atoms with Crippen molar-refractivity contribution in [3.63, 3.8) is 0 Å². The van der Waals surface area contributed by atoms with E-state index in [0.29, 0.717) is 74.9 Å². The van der Waals surface area contributed by atoms with Gasteiger partial charge in [0, 0.05) is 94.4 Å². The van der Waals surface area contributed by atoms with E-state index < -0.39 is 104 Å². The van der Waals surface area contributed by atoms with Crippen LogP contribution in [0.25, 0.3) is 23.1 Å². The number of hydrogen-bond donors (Lipinski definition) is 13. The summed E-state index contributed by atoms with van der Waals surface area (Å²) in [6, 6.07) is 8.25. The lowest BCUT2D eigenvalue weighted by atomic mass is 9.96. The summed E-state index contributed by atoms with van der Waals surface area (Å²) in [4.78, 5) is 132. The first-order valence-electron chi connectivity index (χ1n) is 34.5. The van der Waals surface area contributed by atoms with E-state index in [0.717, 1.165) is 24.2 Å². The number of fused-ring (bicyclic) bond motifs is 1. The van der Waals surface area contributed by atoms with Crippen molar-refractivity contribution in [3.8, 4) is 5.75 Å². The van der Waals surface area contributed by atoms with E-state index in [1.807, 2.05) is 45.9 Å². The first-order valence-corrected chi connectivity index (χ1v) is 35.9. The van der Waals surface area contributed by atoms with Crippen LogP contribution < -0.4 is 75.2 Å². The van der Waals surface area contributed by atoms with Crippen molar-refractivity contribution < 1.29 is 70.5 Å². The zero-order chi connectivity index (χ0) is 74.3. The standard InChI is InChI=1S/C69H102N16O15S/c1-7-44(6)59(63(91)80-55(65(93)94)38-43(4)5)81-61(89)54(39-45-22-29-50(86)30-23-45)79-62(90)56-20-17-37-85(56)64(92)53(19-16-34-75-67(71)72)78-60(88)52(70)18-15-35-76-68(73)82-69(96)77-33-13-12-32-74-58(87)21-11-10-14-36-84-42-51(101(97,98)99)31-28-48(84)26-25-47-40-46-24-27-49(83(8-2)9-3)41-57(46)100-66(47)95/h22-31,40-44,52-56,59H,7-21,32-39,70H2,1-6H3,(H15-,71,72,73,74,75,76,77,78,79,80,81,82,86,87,88,89,90,91,93,94,96,97,98,99)/t44-,52-,53-,54-,55-,56-,59-/m0/s1. The van der Waals surface area contributed by atoms with Gasteiger partial charge in [-0.25, -0.2) is 22.8 Å². The molecule has 0 aliphatic carbocycles. The molecule has 0 bridgehead atoms. The fourth-order valence-electron chi connectivity index (χ4n) is 11.4. The Bertz CT molecular complexity index is 3730. The van der Waals surface area contributed by atoms with Crippen molar-refractivity contribution in [1.29, 1.82) is 0 Å². The molecule has 17 N–H and O–H groups in total. The zero-order valence-electron chi connectivity index (χ0n) is 58.5. The number of benzene rings is 2. The molecule has 31 nitrogen and oxygen atoms in total. The van der Waals surface area contributed by atoms with Crippen LogP contribution in [0.4, 0.5) is 10.5 Å². The highest BCUT2D eigenvalue weighted by Crippen LogP contribution is 2.24. The van der Waals surface area contributed by atoms with Crippen LogP contribution in [0, 0.1) is 11.8 Å². The van der Waals surface area contributed by atoms with Crippen molar-refractivity contribution in [3.05, 3.63) is 94.1 Å². The molecule has 0 saturated carbocycles. The lowest BCUT2D eigenvalue weighted by Gasteiger charge is -2.31. The van der Waals surface area contributed by atoms with Crippen LogP contribution in [0.3, 0.4) is 0 Å². The van der Waals surface area contributed by atoms with Crippen molar-refractivity contribution in [2.45, 2.75) is 186 Å². The van der Waals surface area contributed by atoms with Crippen LogP contribution in [-0.4, -0.2) is 170 Å². The highest BCUT2D eigenvalue weighted by atomic mass is 32.2. The van der Waals surface area contributed by atoms with Gasteiger partial charge in [-0.2, -0.15) is 4.57 Å². The van der Waals surface area contributed by atoms with Crippen LogP contribution >= 0.6 is 0 Å². The fraction of sp³-hybridized carbons (Fsp3) is 0.536. The summed E-state index contributed by atoms with van der Waals surface area (Å²) in [6.07, 6.45) is 9.11. The van der Waals surface area contributed by atoms with E-state index in [-0.39, 0.29) is 113 Å². The molecule has 5 rings (SSSR count). The second-order valence-corrected chi connectivity index (χ2v) is 26.8. The monoisotopic (exact) mass is 1430 g/mol. The average molecular weight is 1430 g/mol. The maximum Gasteiger partial charge on any atom is 0.343 e. The molecular weight excluding hydrogens is 1320 g/mol. The number of carboxylic acid groups (broad SMARTS) is 1. The Morgan fingerprint density at radius 1 is 0.782 bits per heavy atom. The number of hydrogen-bond acceptors (Lipinski definition) is 18. The minimum Gasteiger partial charge on any atom is -0.744 e. The summed E-state index contributed by atoms with van der Waals surface area (Å²) < 4.78 is 43.0. The number of amides is 8. The molecule has 7 atom stereocenters. The normalized spacial score (nSPS) is 15.0. The number of pyridine rings is 1. The van der Waals surface area contributed by atoms with Gasteiger partial charge in [-0.3, -0.25) is 44.1 Å². The fourth-order valence-corrected chi connectivity index (χ4v) is 11.9. The van der Waals surface area contributed by atoms with E-state index in [9.17, 15) is 66.3 Å². The number of nitrogens with two attached hydrogens (primary N) is 4. The molecule has 0 unspecified atom stereocenters. The second kappa shape index (κ2) is 41.1. The maximum atomic E-state index is 14.5. The number of nitrogens with one attached hydrogen (secondary N) is 7. The van der Waals surface area contributed by atoms with E-state index in [1.54, 1.807) is 48.8 Å². The minimum atomic E-state index is -4.76. The van der Waals surface area contributed by atoms with E-state index in [2.05, 4.69) is 52.1 Å². The predicted octanol–water partition coefficient (Wildman–Crippen LogP) is 2.29. The Balaban J connectivity index is 1.05. The summed E-state index contributed by atoms with van der Waals surface area (Å²) in [7, 11) is -4.76. The van der Waals surface area contributed by atoms with Gasteiger partial charge in [-0.05, 0) is 144 Å². The number of rotatable bonds is 41. The van der Waals surface area contributed by atoms with Crippen molar-refractivity contribution in [2.75, 3.05) is 50.7 Å². The second-order valence-electron chi connectivity index (χ2n) is 25.5. The Morgan fingerprint density at radius 3 is 2.13 bits per heavy atom. The SMILES string of the molecule is CC[C@H](C)[C@H](NC(=O)[C@H](Cc1ccc(O)cc1)NC(=O)[C@@H]1CCCN1C(=O)[C@H](CCCN=C(N)N)NC(=O)[C@@H](N)CCCN=C(N)NC(=O)NCCCCNC(=O)CCCCC[n+]1cc(S(=O)(=O)[O-])ccc1C=Cc1cc2ccc(N(CC)CC)cc2oc1=O)C(=O)N[C@@H](CC(C)C)C(=O)O. The van der Waals surface area contributed by atoms with Gasteiger partial charge in [0.2, 0.25) is 41.1 Å². The van der Waals surface area contributed by atoms with Gasteiger partial charge in [-0.15, -0.1) is 0 Å². The molecular formula is C69H102N16O15S. The number of aliphatic imine (C=N–C) groups is 2. The molecule has 1 saturated heterocycles. The van der Waals surface area contributed by atoms with Gasteiger partial charge < -0.3 is 83.8 Å². The van der Waals surface area contributed by atoms with Crippen LogP contribution in [0.2, 0.25) is 0 Å². The van der Waals surface area contributed by atoms with Gasteiger partial charge in [0.1, 0.15) is 63.1 Å². The number of likely N-dealkylation sites (tertiary alicyclic amines) is 1. The largest absolute Gasteiger partial charge is 0.744 e. The Morgan fingerprint density at radius 2 is 1.47 bits per heavy atom. The average Bonchev–Trinajstić information content (AvgIpc) is 1.18. The van der Waals surface area contributed by atoms with Crippen LogP contribution in [0.5, 0.6) is 5.75 Å². The number of aromatic hydroxyl groups is 1. The molecule has 3 heterocycles. The molecule has 1 aliphatic rings. The summed E-state index contributed by atoms with van der Waals surface area (Å²) >= 11 is 0. The van der Waals surface area contributed by atoms with Gasteiger partial charge >= 0.3 is 17.6 Å². The van der Waals surface area contributed by atoms with Gasteiger partial charge in [0.05, 0.1) is 11.6 Å². The number of unbranched alkanes of at least 4 members (excludes halogenated alkanes) is 3. The lowest BCUT2D eigenvalue weighted by Crippen LogP contribution is -2.60. The first kappa shape index (κ1) is 82.0. The number of carboxylic acids is 1. The van der Waals surface area contributed by atoms with Crippen molar-refractivity contribution >= 4 is 98.3 Å². The number of guanidine groups is 2. The summed E-state index contributed by atoms with van der Waals surface area (Å²) in [5.41, 5.74) is 25.6. The molecule has 101 heavy (non-hydrogen) atoms. The molecule has 4 aromatic rings. The van der Waals surface area contributed by atoms with Crippen molar-refractivity contribution in [2.24, 2.45) is 44.8 Å². The Labute approximate surface area is 589 Å². The third kappa shape index (κ3) is 27.4. The number of phenols is 1. The number of urea groups is 1. The Kier molecular flexibility index (Phi) is 33.4. The number of aliphatic carboxylic acids is 1. The molecule has 32 heteroatoms. The maximum absolute atomic E-state index is 14.5. The summed E-state index contributed by atoms with van der Waals surface area (Å²) in [5.74, 6) is -5.80. The van der Waals surface area contributed by atoms with Gasteiger partial charge in [0.25, 0.3) is 0 Å². The highest BCUT2D eigenvalue weighted by Gasteiger charge is 2.40. The summed E-state index contributed by atoms with van der Waals surface area (Å²) in [5, 5.41) is 39.3. The number of anilines is 1. The molecule has 0 spiro atoms. The first-order chi connectivity index (χ1) is 48.0. The van der Waals surface area contributed by atoms with Gasteiger partial charge in [-0.1, -0.05) is 46.2 Å². The number of carbonyl (C=O) groups is 8. The third-order valence-corrected chi connectivity index (χ3v) is 18.0. The molecule has 8 amide bonds. The Hall–Kier alpha value is -9.69. The highest BCUT2D eigenvalue weighted by molar-refractivity contribution is 7.85. The smallest absolute Gasteiger partial charge is 0.343 e. The van der Waals surface area contributed by atoms with Crippen LogP contribution in [0.1, 0.15) is 148 Å². The van der Waals surface area contributed by atoms with E-state index in [1.165, 1.54) is 35.4 Å². The quantitative estimate of drug-likeness (QED) is 0.00757. The molecule has 1 fully saturated rings. The number of phenolic OH excluding ortho intramolecular Hbond substituents is 1. The third-order valence-electron chi connectivity index (χ3n) is 17.2. The summed E-state index contributed by atoms with van der Waals surface area (Å²) in [6.45, 7) is 14.0. The molecule has 554 valence electrons. The molecule has 2 aromatic heterocycles. The van der Waals surface area contributed by atoms with Crippen LogP contribution in [-0.2, 0) is 56.6 Å². The number of aryl methyl sites for hydroxylation is 1. The lowest BCUT2D eigenvalue weighted by molar-refractivity contribution is -0.700. The number of nitrogens with zero attached hydrogens (tertiary/aromatic N) is 5. The molecule has 1 aliphatic heterocycles. The van der Waals surface area contributed by atoms with E-state index >= 15 is 0 Å². The predicted molar refractivity (Wildman–Crippen MR) is 381 cm³/mol. The molecule has 0 radical (unpaired) electrons. The number of aromatic nitrogens is 1. The van der Waals surface area contributed by atoms with Gasteiger partial charge in [0.15, 0.2) is 18.1 Å². The zero-order valence-corrected chi connectivity index (χ0v) is 59.4. The minimum absolute atomic E-state index is 0.0407. The van der Waals surface area contributed by atoms with Crippen LogP contribution in [0.15, 0.2) is 91.0 Å². The topological polar surface area (TPSA) is 488 Å². The number of carbonyl (C=O) groups excluding carboxylic acids is 7.